The number of ether oxygens (including phenoxy) is 1. The van der Waals surface area contributed by atoms with E-state index in [1.807, 2.05) is 6.92 Å². The van der Waals surface area contributed by atoms with Crippen LogP contribution in [0.25, 0.3) is 0 Å². The maximum absolute atomic E-state index is 11.5. The van der Waals surface area contributed by atoms with Gasteiger partial charge in [-0.3, -0.25) is 0 Å². The van der Waals surface area contributed by atoms with Crippen molar-refractivity contribution in [3.05, 3.63) is 35.4 Å². The van der Waals surface area contributed by atoms with Gasteiger partial charge in [0.05, 0.1) is 6.61 Å². The Morgan fingerprint density at radius 1 is 1.24 bits per heavy atom. The lowest BCUT2D eigenvalue weighted by Crippen LogP contribution is -2.42. The highest BCUT2D eigenvalue weighted by molar-refractivity contribution is 5.67. The molecule has 3 heteroatoms. The lowest BCUT2D eigenvalue weighted by Gasteiger charge is -2.43. The molecule has 0 aliphatic heterocycles. The molecule has 1 aromatic rings. The maximum atomic E-state index is 11.5. The molecule has 0 radical (unpaired) electrons. The minimum atomic E-state index is -0.257. The van der Waals surface area contributed by atoms with Crippen LogP contribution in [0.4, 0.5) is 4.79 Å². The molecule has 0 heterocycles. The van der Waals surface area contributed by atoms with E-state index in [9.17, 15) is 4.79 Å². The van der Waals surface area contributed by atoms with Gasteiger partial charge in [0.1, 0.15) is 0 Å². The zero-order valence-electron chi connectivity index (χ0n) is 12.9. The summed E-state index contributed by atoms with van der Waals surface area (Å²) in [6, 6.07) is 9.17. The molecule has 1 amide bonds. The molecule has 0 bridgehead atoms. The average Bonchev–Trinajstić information content (AvgIpc) is 2.50. The van der Waals surface area contributed by atoms with Crippen LogP contribution in [0.15, 0.2) is 24.3 Å². The second-order valence-electron chi connectivity index (χ2n) is 6.58. The first-order valence-electron chi connectivity index (χ1n) is 8.21. The van der Waals surface area contributed by atoms with Crippen LogP contribution in [-0.4, -0.2) is 18.7 Å². The molecule has 1 saturated carbocycles. The molecule has 0 atom stereocenters. The molecule has 3 nitrogen and oxygen atoms in total. The van der Waals surface area contributed by atoms with Crippen LogP contribution in [0, 0.1) is 5.41 Å². The Kier molecular flexibility index (Phi) is 4.18. The summed E-state index contributed by atoms with van der Waals surface area (Å²) >= 11 is 0. The molecule has 21 heavy (non-hydrogen) atoms. The summed E-state index contributed by atoms with van der Waals surface area (Å²) in [6.07, 6.45) is 8.09. The first-order chi connectivity index (χ1) is 10.2. The van der Waals surface area contributed by atoms with Crippen LogP contribution in [0.3, 0.4) is 0 Å². The molecule has 0 unspecified atom stereocenters. The van der Waals surface area contributed by atoms with Gasteiger partial charge in [-0.05, 0) is 68.4 Å². The smallest absolute Gasteiger partial charge is 0.407 e. The molecule has 0 aromatic heterocycles. The first-order valence-corrected chi connectivity index (χ1v) is 8.21. The zero-order chi connectivity index (χ0) is 14.7. The SMILES string of the molecule is CCOC(=O)NC1CCC2(CCc3ccccc3C2)CC1. The Morgan fingerprint density at radius 3 is 2.67 bits per heavy atom. The van der Waals surface area contributed by atoms with Gasteiger partial charge < -0.3 is 10.1 Å². The second-order valence-corrected chi connectivity index (χ2v) is 6.58. The minimum Gasteiger partial charge on any atom is -0.450 e. The molecule has 0 saturated heterocycles. The number of hydrogen-bond donors (Lipinski definition) is 1. The summed E-state index contributed by atoms with van der Waals surface area (Å²) in [5.41, 5.74) is 3.55. The van der Waals surface area contributed by atoms with Gasteiger partial charge in [0.2, 0.25) is 0 Å². The molecule has 1 fully saturated rings. The second kappa shape index (κ2) is 6.08. The topological polar surface area (TPSA) is 38.3 Å². The Labute approximate surface area is 127 Å². The van der Waals surface area contributed by atoms with Gasteiger partial charge in [-0.15, -0.1) is 0 Å². The van der Waals surface area contributed by atoms with Crippen molar-refractivity contribution in [3.8, 4) is 0 Å². The Bertz CT molecular complexity index is 504. The van der Waals surface area contributed by atoms with Gasteiger partial charge in [0.25, 0.3) is 0 Å². The molecule has 1 aromatic carbocycles. The fourth-order valence-electron chi connectivity index (χ4n) is 4.01. The van der Waals surface area contributed by atoms with Crippen molar-refractivity contribution in [1.82, 2.24) is 5.32 Å². The van der Waals surface area contributed by atoms with E-state index in [-0.39, 0.29) is 6.09 Å². The fraction of sp³-hybridized carbons (Fsp3) is 0.611. The zero-order valence-corrected chi connectivity index (χ0v) is 12.9. The van der Waals surface area contributed by atoms with Crippen molar-refractivity contribution >= 4 is 6.09 Å². The highest BCUT2D eigenvalue weighted by Crippen LogP contribution is 2.46. The normalized spacial score (nSPS) is 28.0. The summed E-state index contributed by atoms with van der Waals surface area (Å²) < 4.78 is 4.98. The molecule has 2 aliphatic rings. The summed E-state index contributed by atoms with van der Waals surface area (Å²) in [7, 11) is 0. The number of carbonyl (C=O) groups is 1. The lowest BCUT2D eigenvalue weighted by molar-refractivity contribution is 0.120. The number of hydrogen-bond acceptors (Lipinski definition) is 2. The average molecular weight is 287 g/mol. The van der Waals surface area contributed by atoms with Crippen LogP contribution in [0.1, 0.15) is 50.2 Å². The van der Waals surface area contributed by atoms with Crippen molar-refractivity contribution in [2.24, 2.45) is 5.41 Å². The van der Waals surface area contributed by atoms with Gasteiger partial charge in [-0.1, -0.05) is 24.3 Å². The van der Waals surface area contributed by atoms with Crippen molar-refractivity contribution in [2.45, 2.75) is 57.9 Å². The summed E-state index contributed by atoms with van der Waals surface area (Å²) in [5, 5.41) is 3.00. The quantitative estimate of drug-likeness (QED) is 0.897. The highest BCUT2D eigenvalue weighted by atomic mass is 16.5. The molecule has 3 rings (SSSR count). The highest BCUT2D eigenvalue weighted by Gasteiger charge is 2.38. The van der Waals surface area contributed by atoms with E-state index in [1.54, 1.807) is 5.56 Å². The Morgan fingerprint density at radius 2 is 1.95 bits per heavy atom. The van der Waals surface area contributed by atoms with Crippen LogP contribution in [0.5, 0.6) is 0 Å². The van der Waals surface area contributed by atoms with Gasteiger partial charge >= 0.3 is 6.09 Å². The van der Waals surface area contributed by atoms with Gasteiger partial charge in [-0.25, -0.2) is 4.79 Å². The first kappa shape index (κ1) is 14.4. The van der Waals surface area contributed by atoms with Crippen molar-refractivity contribution in [3.63, 3.8) is 0 Å². The number of fused-ring (bicyclic) bond motifs is 1. The Balaban J connectivity index is 1.57. The molecule has 2 aliphatic carbocycles. The maximum Gasteiger partial charge on any atom is 0.407 e. The number of aryl methyl sites for hydroxylation is 1. The number of amides is 1. The van der Waals surface area contributed by atoms with E-state index >= 15 is 0 Å². The third kappa shape index (κ3) is 3.22. The predicted octanol–water partition coefficient (Wildman–Crippen LogP) is 3.85. The van der Waals surface area contributed by atoms with Crippen LogP contribution in [0.2, 0.25) is 0 Å². The van der Waals surface area contributed by atoms with Gasteiger partial charge in [-0.2, -0.15) is 0 Å². The molecular weight excluding hydrogens is 262 g/mol. The summed E-state index contributed by atoms with van der Waals surface area (Å²) in [6.45, 7) is 2.29. The summed E-state index contributed by atoms with van der Waals surface area (Å²) in [4.78, 5) is 11.5. The van der Waals surface area contributed by atoms with Crippen LogP contribution in [-0.2, 0) is 17.6 Å². The molecule has 114 valence electrons. The third-order valence-corrected chi connectivity index (χ3v) is 5.25. The standard InChI is InChI=1S/C18H25NO2/c1-2-21-17(20)19-16-8-11-18(12-9-16)10-7-14-5-3-4-6-15(14)13-18/h3-6,16H,2,7-13H2,1H3,(H,19,20). The number of rotatable bonds is 2. The van der Waals surface area contributed by atoms with E-state index in [0.717, 1.165) is 12.8 Å². The van der Waals surface area contributed by atoms with E-state index < -0.39 is 0 Å². The van der Waals surface area contributed by atoms with Gasteiger partial charge in [0, 0.05) is 6.04 Å². The monoisotopic (exact) mass is 287 g/mol. The summed E-state index contributed by atoms with van der Waals surface area (Å²) in [5.74, 6) is 0. The Hall–Kier alpha value is -1.51. The lowest BCUT2D eigenvalue weighted by atomic mass is 9.63. The molecular formula is C18H25NO2. The number of nitrogens with one attached hydrogen (secondary N) is 1. The van der Waals surface area contributed by atoms with E-state index in [4.69, 9.17) is 4.74 Å². The van der Waals surface area contributed by atoms with Crippen LogP contribution >= 0.6 is 0 Å². The van der Waals surface area contributed by atoms with Crippen molar-refractivity contribution in [1.29, 1.82) is 0 Å². The van der Waals surface area contributed by atoms with Gasteiger partial charge in [0.15, 0.2) is 0 Å². The predicted molar refractivity (Wildman–Crippen MR) is 83.3 cm³/mol. The van der Waals surface area contributed by atoms with E-state index in [0.29, 0.717) is 18.1 Å². The largest absolute Gasteiger partial charge is 0.450 e. The number of alkyl carbamates (subject to hydrolysis) is 1. The molecule has 1 N–H and O–H groups in total. The van der Waals surface area contributed by atoms with Crippen molar-refractivity contribution < 1.29 is 9.53 Å². The molecule has 1 spiro atoms. The number of benzene rings is 1. The number of carbonyl (C=O) groups excluding carboxylic acids is 1. The third-order valence-electron chi connectivity index (χ3n) is 5.25. The minimum absolute atomic E-state index is 0.257. The van der Waals surface area contributed by atoms with Crippen LogP contribution < -0.4 is 5.32 Å². The van der Waals surface area contributed by atoms with Crippen molar-refractivity contribution in [2.75, 3.05) is 6.61 Å². The fourth-order valence-corrected chi connectivity index (χ4v) is 4.01. The van der Waals surface area contributed by atoms with E-state index in [2.05, 4.69) is 29.6 Å². The van der Waals surface area contributed by atoms with E-state index in [1.165, 1.54) is 37.7 Å².